The molecule has 1 aromatic heterocycles. The first-order chi connectivity index (χ1) is 30.6. The number of nitrogens with one attached hydrogen (secondary N) is 8. The Labute approximate surface area is 375 Å². The Kier molecular flexibility index (Phi) is 26.0. The second-order valence-corrected chi connectivity index (χ2v) is 15.1. The molecule has 0 aliphatic carbocycles. The zero-order valence-electron chi connectivity index (χ0n) is 37.1. The third kappa shape index (κ3) is 21.7. The number of nitrogens with zero attached hydrogens (tertiary/aromatic N) is 2. The molecule has 27 heteroatoms. The van der Waals surface area contributed by atoms with E-state index in [0.717, 1.165) is 6.39 Å². The fourth-order valence-electron chi connectivity index (χ4n) is 5.58. The van der Waals surface area contributed by atoms with E-state index in [4.69, 9.17) is 33.1 Å². The SMILES string of the molecule is C[C@H](NC(=O)[C@H](CO)NC(=O)[C@H](CCCCNC(=O)c1cnco1)NC(=O)[C@H](CCCN=C(N)N)NC(=O)[C@H](C)NC(=O)[C@H](C)NC(=O)[C@H](CCCCN)NC(=O)[C@@H](N)[C@@H](C)O)C(N)=O. The van der Waals surface area contributed by atoms with Gasteiger partial charge >= 0.3 is 0 Å². The monoisotopic (exact) mass is 926 g/mol. The van der Waals surface area contributed by atoms with Crippen LogP contribution in [-0.4, -0.2) is 155 Å². The summed E-state index contributed by atoms with van der Waals surface area (Å²) in [6.07, 6.45) is 2.65. The van der Waals surface area contributed by atoms with Crippen LogP contribution in [0, 0.1) is 0 Å². The third-order valence-electron chi connectivity index (χ3n) is 9.58. The molecule has 9 atom stereocenters. The average Bonchev–Trinajstić information content (AvgIpc) is 3.80. The van der Waals surface area contributed by atoms with Gasteiger partial charge in [0, 0.05) is 13.1 Å². The number of nitrogens with two attached hydrogens (primary N) is 5. The van der Waals surface area contributed by atoms with Gasteiger partial charge in [-0.25, -0.2) is 4.98 Å². The molecule has 0 saturated heterocycles. The second-order valence-electron chi connectivity index (χ2n) is 15.1. The van der Waals surface area contributed by atoms with Crippen LogP contribution in [0.25, 0.3) is 0 Å². The lowest BCUT2D eigenvalue weighted by Crippen LogP contribution is -2.60. The van der Waals surface area contributed by atoms with Gasteiger partial charge in [0.15, 0.2) is 12.4 Å². The molecular weight excluding hydrogens is 859 g/mol. The molecule has 0 unspecified atom stereocenters. The summed E-state index contributed by atoms with van der Waals surface area (Å²) in [7, 11) is 0. The van der Waals surface area contributed by atoms with Crippen LogP contribution in [0.5, 0.6) is 0 Å². The van der Waals surface area contributed by atoms with Crippen LogP contribution < -0.4 is 71.2 Å². The molecule has 0 spiro atoms. The Bertz CT molecular complexity index is 1760. The Balaban J connectivity index is 3.20. The first-order valence-corrected chi connectivity index (χ1v) is 21.0. The van der Waals surface area contributed by atoms with E-state index < -0.39 is 114 Å². The molecule has 0 aliphatic rings. The number of oxazole rings is 1. The summed E-state index contributed by atoms with van der Waals surface area (Å²) in [6.45, 7) is 4.80. The maximum atomic E-state index is 13.9. The van der Waals surface area contributed by atoms with Gasteiger partial charge in [0.25, 0.3) is 5.91 Å². The molecule has 0 bridgehead atoms. The molecule has 1 rings (SSSR count). The van der Waals surface area contributed by atoms with Crippen LogP contribution in [0.2, 0.25) is 0 Å². The lowest BCUT2D eigenvalue weighted by Gasteiger charge is -2.26. The number of aromatic nitrogens is 1. The van der Waals surface area contributed by atoms with Gasteiger partial charge < -0.3 is 85.8 Å². The predicted octanol–water partition coefficient (Wildman–Crippen LogP) is -6.60. The van der Waals surface area contributed by atoms with E-state index >= 15 is 0 Å². The van der Waals surface area contributed by atoms with Crippen molar-refractivity contribution in [1.82, 2.24) is 47.5 Å². The van der Waals surface area contributed by atoms with Crippen LogP contribution in [-0.2, 0) is 38.4 Å². The smallest absolute Gasteiger partial charge is 0.288 e. The molecular formula is C38H67N15O12. The molecule has 0 fully saturated rings. The largest absolute Gasteiger partial charge is 0.438 e. The van der Waals surface area contributed by atoms with E-state index in [1.807, 2.05) is 0 Å². The number of amides is 9. The first kappa shape index (κ1) is 56.6. The first-order valence-electron chi connectivity index (χ1n) is 21.0. The maximum Gasteiger partial charge on any atom is 0.288 e. The number of rotatable bonds is 31. The van der Waals surface area contributed by atoms with Crippen molar-refractivity contribution in [2.75, 3.05) is 26.2 Å². The quantitative estimate of drug-likeness (QED) is 0.0187. The zero-order chi connectivity index (χ0) is 49.2. The highest BCUT2D eigenvalue weighted by Crippen LogP contribution is 2.08. The Hall–Kier alpha value is -6.45. The Morgan fingerprint density at radius 3 is 1.62 bits per heavy atom. The standard InChI is InChI=1S/C38H67N15O12/c1-19(29(41)56)47-35(62)26(17-54)53-34(61)24(11-6-8-14-45-36(63)27-16-44-18-65-27)51-33(60)25(12-9-15-46-38(42)43)50-31(58)21(3)48-30(57)20(2)49-32(59)23(10-5-7-13-39)52-37(64)28(40)22(4)55/h16,18-26,28,54-55H,5-15,17,39-40H2,1-4H3,(H2,41,56)(H,45,63)(H,47,62)(H,48,57)(H,49,59)(H,50,58)(H,51,60)(H,52,64)(H,53,61)(H4,42,43,46)/t19-,20-,21-,22+,23-,24-,25-,26-,28-/m0/s1. The second kappa shape index (κ2) is 29.8. The van der Waals surface area contributed by atoms with Crippen molar-refractivity contribution in [1.29, 1.82) is 0 Å². The predicted molar refractivity (Wildman–Crippen MR) is 232 cm³/mol. The van der Waals surface area contributed by atoms with E-state index in [9.17, 15) is 53.4 Å². The van der Waals surface area contributed by atoms with Gasteiger partial charge in [0.2, 0.25) is 53.0 Å². The Morgan fingerprint density at radius 2 is 1.11 bits per heavy atom. The highest BCUT2D eigenvalue weighted by molar-refractivity contribution is 5.97. The third-order valence-corrected chi connectivity index (χ3v) is 9.58. The summed E-state index contributed by atoms with van der Waals surface area (Å²) >= 11 is 0. The number of hydrogen-bond donors (Lipinski definition) is 15. The van der Waals surface area contributed by atoms with Gasteiger partial charge in [-0.05, 0) is 85.6 Å². The van der Waals surface area contributed by atoms with E-state index in [-0.39, 0.29) is 63.3 Å². The number of aliphatic hydroxyl groups excluding tert-OH is 2. The minimum Gasteiger partial charge on any atom is -0.438 e. The van der Waals surface area contributed by atoms with Crippen molar-refractivity contribution < 1.29 is 57.8 Å². The van der Waals surface area contributed by atoms with E-state index in [1.165, 1.54) is 33.9 Å². The van der Waals surface area contributed by atoms with Gasteiger partial charge in [0.1, 0.15) is 48.3 Å². The highest BCUT2D eigenvalue weighted by Gasteiger charge is 2.32. The van der Waals surface area contributed by atoms with Crippen molar-refractivity contribution >= 4 is 59.1 Å². The number of guanidine groups is 1. The number of carbonyl (C=O) groups excluding carboxylic acids is 9. The van der Waals surface area contributed by atoms with Gasteiger partial charge in [-0.1, -0.05) is 0 Å². The van der Waals surface area contributed by atoms with E-state index in [0.29, 0.717) is 19.4 Å². The van der Waals surface area contributed by atoms with Crippen LogP contribution in [0.4, 0.5) is 0 Å². The topological polar surface area (TPSA) is 459 Å². The number of unbranched alkanes of at least 4 members (excludes halogenated alkanes) is 2. The van der Waals surface area contributed by atoms with Gasteiger partial charge in [-0.2, -0.15) is 0 Å². The molecule has 20 N–H and O–H groups in total. The molecule has 0 saturated carbocycles. The number of primary amides is 1. The van der Waals surface area contributed by atoms with Crippen LogP contribution in [0.1, 0.15) is 89.6 Å². The summed E-state index contributed by atoms with van der Waals surface area (Å²) in [4.78, 5) is 124. The minimum absolute atomic E-state index is 0.0299. The highest BCUT2D eigenvalue weighted by atomic mass is 16.3. The van der Waals surface area contributed by atoms with Crippen molar-refractivity contribution in [3.05, 3.63) is 18.4 Å². The van der Waals surface area contributed by atoms with Gasteiger partial charge in [-0.15, -0.1) is 0 Å². The van der Waals surface area contributed by atoms with Crippen molar-refractivity contribution in [2.45, 2.75) is 134 Å². The Morgan fingerprint density at radius 1 is 0.646 bits per heavy atom. The van der Waals surface area contributed by atoms with Crippen LogP contribution in [0.3, 0.4) is 0 Å². The van der Waals surface area contributed by atoms with Crippen LogP contribution >= 0.6 is 0 Å². The molecule has 1 aromatic rings. The number of aliphatic hydroxyl groups is 2. The average molecular weight is 926 g/mol. The lowest BCUT2D eigenvalue weighted by atomic mass is 10.1. The molecule has 366 valence electrons. The molecule has 9 amide bonds. The zero-order valence-corrected chi connectivity index (χ0v) is 37.1. The summed E-state index contributed by atoms with van der Waals surface area (Å²) in [5.74, 6) is -7.67. The maximum absolute atomic E-state index is 13.9. The fourth-order valence-corrected chi connectivity index (χ4v) is 5.58. The molecule has 65 heavy (non-hydrogen) atoms. The molecule has 0 aliphatic heterocycles. The molecule has 0 aromatic carbocycles. The van der Waals surface area contributed by atoms with Crippen molar-refractivity contribution in [2.24, 2.45) is 33.7 Å². The normalized spacial score (nSPS) is 15.1. The summed E-state index contributed by atoms with van der Waals surface area (Å²) < 4.78 is 4.96. The lowest BCUT2D eigenvalue weighted by molar-refractivity contribution is -0.136. The number of hydrogen-bond acceptors (Lipinski definition) is 16. The van der Waals surface area contributed by atoms with Crippen molar-refractivity contribution in [3.8, 4) is 0 Å². The number of aliphatic imine (C=N–C) groups is 1. The summed E-state index contributed by atoms with van der Waals surface area (Å²) in [6, 6.07) is -10.5. The van der Waals surface area contributed by atoms with Gasteiger partial charge in [0.05, 0.1) is 18.9 Å². The molecule has 27 nitrogen and oxygen atoms in total. The minimum atomic E-state index is -1.58. The van der Waals surface area contributed by atoms with Crippen molar-refractivity contribution in [3.63, 3.8) is 0 Å². The van der Waals surface area contributed by atoms with E-state index in [1.54, 1.807) is 0 Å². The summed E-state index contributed by atoms with van der Waals surface area (Å²) in [5.41, 5.74) is 27.3. The van der Waals surface area contributed by atoms with Gasteiger partial charge in [-0.3, -0.25) is 48.1 Å². The molecule has 1 heterocycles. The van der Waals surface area contributed by atoms with Crippen LogP contribution in [0.15, 0.2) is 22.0 Å². The molecule has 0 radical (unpaired) electrons. The van der Waals surface area contributed by atoms with E-state index in [2.05, 4.69) is 52.5 Å². The fraction of sp³-hybridized carbons (Fsp3) is 0.658. The summed E-state index contributed by atoms with van der Waals surface area (Å²) in [5, 5.41) is 39.3. The number of carbonyl (C=O) groups is 9.